The number of aromatic nitrogens is 2. The van der Waals surface area contributed by atoms with Crippen LogP contribution in [0.1, 0.15) is 42.4 Å². The van der Waals surface area contributed by atoms with Gasteiger partial charge in [-0.05, 0) is 54.3 Å². The molecule has 3 aromatic rings. The predicted molar refractivity (Wildman–Crippen MR) is 106 cm³/mol. The number of anilines is 1. The SMILES string of the molecule is Cc1cc(NC(=O)c2ccc(C(C)(C)C)cc2)nn1-c1ccc(Cl)cc1. The molecule has 0 aliphatic rings. The van der Waals surface area contributed by atoms with Gasteiger partial charge in [0.1, 0.15) is 0 Å². The molecule has 0 aliphatic carbocycles. The molecule has 1 heterocycles. The number of nitrogens with zero attached hydrogens (tertiary/aromatic N) is 2. The molecule has 2 aromatic carbocycles. The van der Waals surface area contributed by atoms with Gasteiger partial charge in [0.25, 0.3) is 5.91 Å². The van der Waals surface area contributed by atoms with Crippen LogP contribution in [0, 0.1) is 6.92 Å². The van der Waals surface area contributed by atoms with Crippen molar-refractivity contribution in [2.45, 2.75) is 33.1 Å². The highest BCUT2D eigenvalue weighted by Gasteiger charge is 2.15. The zero-order valence-corrected chi connectivity index (χ0v) is 16.1. The molecule has 0 aliphatic heterocycles. The first-order valence-corrected chi connectivity index (χ1v) is 8.86. The van der Waals surface area contributed by atoms with Gasteiger partial charge in [0.05, 0.1) is 5.69 Å². The summed E-state index contributed by atoms with van der Waals surface area (Å²) in [6, 6.07) is 16.9. The number of nitrogens with one attached hydrogen (secondary N) is 1. The van der Waals surface area contributed by atoms with E-state index in [9.17, 15) is 4.79 Å². The van der Waals surface area contributed by atoms with Crippen molar-refractivity contribution in [3.8, 4) is 5.69 Å². The van der Waals surface area contributed by atoms with Crippen LogP contribution in [-0.2, 0) is 5.41 Å². The smallest absolute Gasteiger partial charge is 0.256 e. The second-order valence-electron chi connectivity index (χ2n) is 7.34. The van der Waals surface area contributed by atoms with Crippen LogP contribution in [0.3, 0.4) is 0 Å². The largest absolute Gasteiger partial charge is 0.305 e. The molecular weight excluding hydrogens is 346 g/mol. The fraction of sp³-hybridized carbons (Fsp3) is 0.238. The van der Waals surface area contributed by atoms with Gasteiger partial charge in [0.2, 0.25) is 0 Å². The molecule has 0 radical (unpaired) electrons. The first-order chi connectivity index (χ1) is 12.2. The highest BCUT2D eigenvalue weighted by molar-refractivity contribution is 6.30. The Balaban J connectivity index is 1.78. The fourth-order valence-corrected chi connectivity index (χ4v) is 2.82. The Labute approximate surface area is 158 Å². The maximum absolute atomic E-state index is 12.5. The first-order valence-electron chi connectivity index (χ1n) is 8.48. The summed E-state index contributed by atoms with van der Waals surface area (Å²) in [4.78, 5) is 12.5. The number of amides is 1. The number of hydrogen-bond donors (Lipinski definition) is 1. The average molecular weight is 368 g/mol. The van der Waals surface area contributed by atoms with E-state index in [-0.39, 0.29) is 11.3 Å². The Bertz CT molecular complexity index is 919. The van der Waals surface area contributed by atoms with Crippen LogP contribution in [0.2, 0.25) is 5.02 Å². The van der Waals surface area contributed by atoms with E-state index >= 15 is 0 Å². The van der Waals surface area contributed by atoms with Gasteiger partial charge in [-0.3, -0.25) is 4.79 Å². The van der Waals surface area contributed by atoms with E-state index in [1.54, 1.807) is 4.68 Å². The van der Waals surface area contributed by atoms with Gasteiger partial charge in [0, 0.05) is 22.3 Å². The van der Waals surface area contributed by atoms with Gasteiger partial charge < -0.3 is 5.32 Å². The Hall–Kier alpha value is -2.59. The number of aryl methyl sites for hydroxylation is 1. The maximum atomic E-state index is 12.5. The minimum Gasteiger partial charge on any atom is -0.305 e. The highest BCUT2D eigenvalue weighted by Crippen LogP contribution is 2.23. The quantitative estimate of drug-likeness (QED) is 0.675. The van der Waals surface area contributed by atoms with Crippen LogP contribution >= 0.6 is 11.6 Å². The monoisotopic (exact) mass is 367 g/mol. The molecule has 0 fully saturated rings. The third-order valence-corrected chi connectivity index (χ3v) is 4.47. The van der Waals surface area contributed by atoms with Crippen molar-refractivity contribution in [1.29, 1.82) is 0 Å². The zero-order valence-electron chi connectivity index (χ0n) is 15.4. The second-order valence-corrected chi connectivity index (χ2v) is 7.78. The minimum atomic E-state index is -0.175. The van der Waals surface area contributed by atoms with E-state index in [4.69, 9.17) is 11.6 Å². The molecule has 0 spiro atoms. The molecule has 0 saturated heterocycles. The summed E-state index contributed by atoms with van der Waals surface area (Å²) in [7, 11) is 0. The lowest BCUT2D eigenvalue weighted by Gasteiger charge is -2.18. The molecule has 0 bridgehead atoms. The number of hydrogen-bond acceptors (Lipinski definition) is 2. The van der Waals surface area contributed by atoms with Crippen LogP contribution < -0.4 is 5.32 Å². The van der Waals surface area contributed by atoms with Crippen LogP contribution in [0.5, 0.6) is 0 Å². The number of benzene rings is 2. The molecular formula is C21H22ClN3O. The van der Waals surface area contributed by atoms with Crippen molar-refractivity contribution < 1.29 is 4.79 Å². The third-order valence-electron chi connectivity index (χ3n) is 4.21. The summed E-state index contributed by atoms with van der Waals surface area (Å²) >= 11 is 5.93. The van der Waals surface area contributed by atoms with Gasteiger partial charge in [-0.25, -0.2) is 4.68 Å². The van der Waals surface area contributed by atoms with Crippen molar-refractivity contribution in [2.24, 2.45) is 0 Å². The summed E-state index contributed by atoms with van der Waals surface area (Å²) in [6.45, 7) is 8.38. The van der Waals surface area contributed by atoms with Crippen LogP contribution in [-0.4, -0.2) is 15.7 Å². The molecule has 0 unspecified atom stereocenters. The van der Waals surface area contributed by atoms with E-state index in [1.807, 2.05) is 61.5 Å². The van der Waals surface area contributed by atoms with E-state index < -0.39 is 0 Å². The summed E-state index contributed by atoms with van der Waals surface area (Å²) in [5.74, 6) is 0.341. The molecule has 134 valence electrons. The molecule has 0 saturated carbocycles. The number of halogens is 1. The zero-order chi connectivity index (χ0) is 18.9. The van der Waals surface area contributed by atoms with Crippen LogP contribution in [0.4, 0.5) is 5.82 Å². The Morgan fingerprint density at radius 2 is 1.65 bits per heavy atom. The van der Waals surface area contributed by atoms with Gasteiger partial charge >= 0.3 is 0 Å². The highest BCUT2D eigenvalue weighted by atomic mass is 35.5. The maximum Gasteiger partial charge on any atom is 0.256 e. The molecule has 0 atom stereocenters. The van der Waals surface area contributed by atoms with Crippen molar-refractivity contribution in [3.63, 3.8) is 0 Å². The summed E-state index contributed by atoms with van der Waals surface area (Å²) in [5.41, 5.74) is 3.67. The van der Waals surface area contributed by atoms with Crippen molar-refractivity contribution in [2.75, 3.05) is 5.32 Å². The fourth-order valence-electron chi connectivity index (χ4n) is 2.69. The van der Waals surface area contributed by atoms with Crippen LogP contribution in [0.25, 0.3) is 5.69 Å². The Kier molecular flexibility index (Phi) is 4.88. The lowest BCUT2D eigenvalue weighted by Crippen LogP contribution is -2.14. The van der Waals surface area contributed by atoms with Crippen molar-refractivity contribution in [1.82, 2.24) is 9.78 Å². The summed E-state index contributed by atoms with van der Waals surface area (Å²) in [5, 5.41) is 8.01. The first kappa shape index (κ1) is 18.2. The molecule has 1 N–H and O–H groups in total. The average Bonchev–Trinajstić information content (AvgIpc) is 2.95. The number of carbonyl (C=O) groups is 1. The van der Waals surface area contributed by atoms with E-state index in [2.05, 4.69) is 31.2 Å². The molecule has 26 heavy (non-hydrogen) atoms. The molecule has 5 heteroatoms. The van der Waals surface area contributed by atoms with E-state index in [0.29, 0.717) is 16.4 Å². The Morgan fingerprint density at radius 3 is 2.23 bits per heavy atom. The minimum absolute atomic E-state index is 0.0590. The van der Waals surface area contributed by atoms with Gasteiger partial charge in [-0.2, -0.15) is 0 Å². The topological polar surface area (TPSA) is 46.9 Å². The van der Waals surface area contributed by atoms with E-state index in [0.717, 1.165) is 11.4 Å². The number of carbonyl (C=O) groups excluding carboxylic acids is 1. The number of rotatable bonds is 3. The molecule has 1 amide bonds. The molecule has 1 aromatic heterocycles. The molecule has 3 rings (SSSR count). The lowest BCUT2D eigenvalue weighted by molar-refractivity contribution is 0.102. The summed E-state index contributed by atoms with van der Waals surface area (Å²) < 4.78 is 1.77. The standard InChI is InChI=1S/C21H22ClN3O/c1-14-13-19(24-25(14)18-11-9-17(22)10-12-18)23-20(26)15-5-7-16(8-6-15)21(2,3)4/h5-13H,1-4H3,(H,23,24,26). The predicted octanol–water partition coefficient (Wildman–Crippen LogP) is 5.38. The van der Waals surface area contributed by atoms with Gasteiger partial charge in [-0.1, -0.05) is 44.5 Å². The Morgan fingerprint density at radius 1 is 1.04 bits per heavy atom. The second kappa shape index (κ2) is 6.96. The lowest BCUT2D eigenvalue weighted by atomic mass is 9.87. The summed E-state index contributed by atoms with van der Waals surface area (Å²) in [6.07, 6.45) is 0. The van der Waals surface area contributed by atoms with Crippen molar-refractivity contribution in [3.05, 3.63) is 76.4 Å². The van der Waals surface area contributed by atoms with Crippen molar-refractivity contribution >= 4 is 23.3 Å². The third kappa shape index (κ3) is 3.97. The van der Waals surface area contributed by atoms with Gasteiger partial charge in [-0.15, -0.1) is 5.10 Å². The van der Waals surface area contributed by atoms with Gasteiger partial charge in [0.15, 0.2) is 5.82 Å². The molecule has 4 nitrogen and oxygen atoms in total. The van der Waals surface area contributed by atoms with Crippen LogP contribution in [0.15, 0.2) is 54.6 Å². The normalized spacial score (nSPS) is 11.4. The van der Waals surface area contributed by atoms with E-state index in [1.165, 1.54) is 5.56 Å².